The Morgan fingerprint density at radius 2 is 2.26 bits per heavy atom. The third-order valence-electron chi connectivity index (χ3n) is 2.64. The molecule has 0 saturated carbocycles. The number of phenolic OH excluding ortho intramolecular Hbond substituents is 1. The van der Waals surface area contributed by atoms with Crippen LogP contribution >= 0.6 is 0 Å². The molecule has 0 atom stereocenters. The van der Waals surface area contributed by atoms with Crippen molar-refractivity contribution in [2.24, 2.45) is 7.05 Å². The van der Waals surface area contributed by atoms with Gasteiger partial charge in [0.1, 0.15) is 0 Å². The highest BCUT2D eigenvalue weighted by Crippen LogP contribution is 2.26. The molecule has 6 heteroatoms. The number of nitrogens with zero attached hydrogens (tertiary/aromatic N) is 2. The molecular formula is C13H15N3O3. The molecule has 100 valence electrons. The molecule has 2 N–H and O–H groups in total. The third kappa shape index (κ3) is 3.04. The number of aryl methyl sites for hydroxylation is 1. The van der Waals surface area contributed by atoms with Crippen LogP contribution < -0.4 is 10.1 Å². The zero-order valence-corrected chi connectivity index (χ0v) is 10.8. The van der Waals surface area contributed by atoms with Crippen LogP contribution in [0.3, 0.4) is 0 Å². The predicted octanol–water partition coefficient (Wildman–Crippen LogP) is 1.06. The van der Waals surface area contributed by atoms with Crippen molar-refractivity contribution in [2.45, 2.75) is 6.54 Å². The van der Waals surface area contributed by atoms with E-state index in [0.29, 0.717) is 17.9 Å². The molecule has 0 saturated heterocycles. The highest BCUT2D eigenvalue weighted by atomic mass is 16.5. The third-order valence-corrected chi connectivity index (χ3v) is 2.64. The fraction of sp³-hybridized carbons (Fsp3) is 0.231. The summed E-state index contributed by atoms with van der Waals surface area (Å²) in [6.45, 7) is 0.340. The van der Waals surface area contributed by atoms with Crippen LogP contribution in [0.4, 0.5) is 0 Å². The van der Waals surface area contributed by atoms with Crippen LogP contribution in [0.15, 0.2) is 30.5 Å². The van der Waals surface area contributed by atoms with E-state index < -0.39 is 0 Å². The second-order valence-corrected chi connectivity index (χ2v) is 4.05. The first kappa shape index (κ1) is 12.9. The first-order valence-electron chi connectivity index (χ1n) is 5.74. The molecule has 0 unspecified atom stereocenters. The van der Waals surface area contributed by atoms with Crippen LogP contribution in [0.5, 0.6) is 11.5 Å². The second-order valence-electron chi connectivity index (χ2n) is 4.05. The van der Waals surface area contributed by atoms with Gasteiger partial charge in [-0.2, -0.15) is 5.10 Å². The lowest BCUT2D eigenvalue weighted by Gasteiger charge is -2.06. The zero-order chi connectivity index (χ0) is 13.8. The van der Waals surface area contributed by atoms with Gasteiger partial charge >= 0.3 is 0 Å². The van der Waals surface area contributed by atoms with Gasteiger partial charge in [0.15, 0.2) is 11.5 Å². The van der Waals surface area contributed by atoms with Crippen LogP contribution in [0, 0.1) is 0 Å². The molecule has 0 spiro atoms. The maximum absolute atomic E-state index is 11.9. The quantitative estimate of drug-likeness (QED) is 0.863. The largest absolute Gasteiger partial charge is 0.504 e. The number of carbonyl (C=O) groups excluding carboxylic acids is 1. The number of aromatic hydroxyl groups is 1. The molecule has 1 amide bonds. The number of phenols is 1. The summed E-state index contributed by atoms with van der Waals surface area (Å²) in [5, 5.41) is 16.5. The minimum Gasteiger partial charge on any atom is -0.504 e. The fourth-order valence-electron chi connectivity index (χ4n) is 1.66. The summed E-state index contributed by atoms with van der Waals surface area (Å²) < 4.78 is 6.58. The molecule has 1 aromatic carbocycles. The number of amides is 1. The van der Waals surface area contributed by atoms with Gasteiger partial charge in [-0.3, -0.25) is 9.48 Å². The molecule has 1 aromatic heterocycles. The van der Waals surface area contributed by atoms with Crippen LogP contribution in [0.25, 0.3) is 0 Å². The predicted molar refractivity (Wildman–Crippen MR) is 69.0 cm³/mol. The average Bonchev–Trinajstić information content (AvgIpc) is 2.81. The summed E-state index contributed by atoms with van der Waals surface area (Å²) in [4.78, 5) is 11.9. The van der Waals surface area contributed by atoms with Gasteiger partial charge in [-0.15, -0.1) is 0 Å². The van der Waals surface area contributed by atoms with Crippen molar-refractivity contribution in [1.82, 2.24) is 15.1 Å². The average molecular weight is 261 g/mol. The van der Waals surface area contributed by atoms with Crippen molar-refractivity contribution in [3.05, 3.63) is 41.7 Å². The van der Waals surface area contributed by atoms with E-state index in [9.17, 15) is 9.90 Å². The Balaban J connectivity index is 2.01. The van der Waals surface area contributed by atoms with Crippen molar-refractivity contribution in [2.75, 3.05) is 7.11 Å². The number of hydrogen-bond donors (Lipinski definition) is 2. The number of aromatic nitrogens is 2. The summed E-state index contributed by atoms with van der Waals surface area (Å²) in [5.74, 6) is -0.00197. The van der Waals surface area contributed by atoms with Gasteiger partial charge in [-0.05, 0) is 24.3 Å². The summed E-state index contributed by atoms with van der Waals surface area (Å²) in [5.41, 5.74) is 1.14. The van der Waals surface area contributed by atoms with Crippen molar-refractivity contribution < 1.29 is 14.6 Å². The van der Waals surface area contributed by atoms with Crippen molar-refractivity contribution in [3.8, 4) is 11.5 Å². The fourth-order valence-corrected chi connectivity index (χ4v) is 1.66. The zero-order valence-electron chi connectivity index (χ0n) is 10.8. The number of methoxy groups -OCH3 is 1. The smallest absolute Gasteiger partial charge is 0.251 e. The summed E-state index contributed by atoms with van der Waals surface area (Å²) in [6.07, 6.45) is 1.81. The number of hydrogen-bond acceptors (Lipinski definition) is 4. The summed E-state index contributed by atoms with van der Waals surface area (Å²) in [7, 11) is 3.27. The Morgan fingerprint density at radius 1 is 1.47 bits per heavy atom. The highest BCUT2D eigenvalue weighted by Gasteiger charge is 2.09. The van der Waals surface area contributed by atoms with Gasteiger partial charge in [0.25, 0.3) is 5.91 Å². The lowest BCUT2D eigenvalue weighted by molar-refractivity contribution is 0.0950. The van der Waals surface area contributed by atoms with E-state index in [1.54, 1.807) is 23.0 Å². The van der Waals surface area contributed by atoms with Crippen molar-refractivity contribution in [1.29, 1.82) is 0 Å². The van der Waals surface area contributed by atoms with E-state index in [0.717, 1.165) is 5.69 Å². The molecule has 1 heterocycles. The molecule has 0 bridgehead atoms. The van der Waals surface area contributed by atoms with Gasteiger partial charge in [0, 0.05) is 18.8 Å². The topological polar surface area (TPSA) is 76.4 Å². The van der Waals surface area contributed by atoms with E-state index >= 15 is 0 Å². The van der Waals surface area contributed by atoms with Gasteiger partial charge in [0.05, 0.1) is 19.3 Å². The normalized spacial score (nSPS) is 10.2. The van der Waals surface area contributed by atoms with E-state index in [2.05, 4.69) is 10.4 Å². The number of nitrogens with one attached hydrogen (secondary N) is 1. The molecule has 6 nitrogen and oxygen atoms in total. The van der Waals surface area contributed by atoms with Crippen molar-refractivity contribution in [3.63, 3.8) is 0 Å². The van der Waals surface area contributed by atoms with E-state index in [1.165, 1.54) is 13.2 Å². The van der Waals surface area contributed by atoms with Gasteiger partial charge < -0.3 is 15.2 Å². The van der Waals surface area contributed by atoms with Crippen molar-refractivity contribution >= 4 is 5.91 Å². The molecule has 0 aliphatic heterocycles. The number of ether oxygens (including phenoxy) is 1. The minimum atomic E-state index is -0.274. The molecule has 0 aliphatic carbocycles. The first-order chi connectivity index (χ1) is 9.10. The Hall–Kier alpha value is -2.50. The van der Waals surface area contributed by atoms with E-state index in [1.807, 2.05) is 13.1 Å². The Bertz CT molecular complexity index is 593. The SMILES string of the molecule is COc1ccc(C(=O)NCc2ccn(C)n2)cc1O. The Labute approximate surface area is 110 Å². The molecular weight excluding hydrogens is 246 g/mol. The summed E-state index contributed by atoms with van der Waals surface area (Å²) in [6, 6.07) is 6.33. The minimum absolute atomic E-state index is 0.0620. The van der Waals surface area contributed by atoms with Crippen LogP contribution in [-0.4, -0.2) is 27.9 Å². The Kier molecular flexibility index (Phi) is 3.70. The molecule has 0 fully saturated rings. The molecule has 19 heavy (non-hydrogen) atoms. The molecule has 0 aliphatic rings. The molecule has 2 aromatic rings. The second kappa shape index (κ2) is 5.43. The highest BCUT2D eigenvalue weighted by molar-refractivity contribution is 5.94. The number of carbonyl (C=O) groups is 1. The number of rotatable bonds is 4. The summed E-state index contributed by atoms with van der Waals surface area (Å²) >= 11 is 0. The maximum Gasteiger partial charge on any atom is 0.251 e. The monoisotopic (exact) mass is 261 g/mol. The van der Waals surface area contributed by atoms with Gasteiger partial charge in [-0.1, -0.05) is 0 Å². The lowest BCUT2D eigenvalue weighted by atomic mass is 10.2. The standard InChI is InChI=1S/C13H15N3O3/c1-16-6-5-10(15-16)8-14-13(18)9-3-4-12(19-2)11(17)7-9/h3-7,17H,8H2,1-2H3,(H,14,18). The lowest BCUT2D eigenvalue weighted by Crippen LogP contribution is -2.23. The Morgan fingerprint density at radius 3 is 2.84 bits per heavy atom. The van der Waals surface area contributed by atoms with Crippen LogP contribution in [0.1, 0.15) is 16.1 Å². The van der Waals surface area contributed by atoms with E-state index in [4.69, 9.17) is 4.74 Å². The maximum atomic E-state index is 11.9. The van der Waals surface area contributed by atoms with E-state index in [-0.39, 0.29) is 11.7 Å². The van der Waals surface area contributed by atoms with Gasteiger partial charge in [-0.25, -0.2) is 0 Å². The number of benzene rings is 1. The van der Waals surface area contributed by atoms with Gasteiger partial charge in [0.2, 0.25) is 0 Å². The molecule has 0 radical (unpaired) electrons. The van der Waals surface area contributed by atoms with Crippen LogP contribution in [0.2, 0.25) is 0 Å². The molecule has 2 rings (SSSR count). The van der Waals surface area contributed by atoms with Crippen LogP contribution in [-0.2, 0) is 13.6 Å². The first-order valence-corrected chi connectivity index (χ1v) is 5.74.